The Labute approximate surface area is 319 Å². The van der Waals surface area contributed by atoms with Crippen molar-refractivity contribution < 1.29 is 4.42 Å². The van der Waals surface area contributed by atoms with Crippen LogP contribution in [0.15, 0.2) is 205 Å². The maximum atomic E-state index is 6.46. The average molecular weight is 704 g/mol. The zero-order valence-electron chi connectivity index (χ0n) is 29.8. The molecule has 2 heterocycles. The van der Waals surface area contributed by atoms with E-state index in [-0.39, 0.29) is 0 Å². The normalized spacial score (nSPS) is 11.3. The number of benzene rings is 8. The summed E-state index contributed by atoms with van der Waals surface area (Å²) in [5, 5.41) is 1.98. The van der Waals surface area contributed by atoms with Crippen LogP contribution < -0.4 is 0 Å². The predicted molar refractivity (Wildman–Crippen MR) is 225 cm³/mol. The minimum Gasteiger partial charge on any atom is -0.456 e. The highest BCUT2D eigenvalue weighted by molar-refractivity contribution is 6.12. The molecule has 0 spiro atoms. The molecule has 0 radical (unpaired) electrons. The zero-order valence-corrected chi connectivity index (χ0v) is 29.8. The Morgan fingerprint density at radius 2 is 0.673 bits per heavy atom. The lowest BCUT2D eigenvalue weighted by Crippen LogP contribution is -2.00. The fourth-order valence-corrected chi connectivity index (χ4v) is 7.34. The molecule has 10 rings (SSSR count). The molecule has 0 saturated carbocycles. The van der Waals surface area contributed by atoms with Crippen molar-refractivity contribution in [3.05, 3.63) is 200 Å². The third kappa shape index (κ3) is 6.26. The van der Waals surface area contributed by atoms with E-state index in [9.17, 15) is 0 Å². The van der Waals surface area contributed by atoms with Gasteiger partial charge in [-0.3, -0.25) is 0 Å². The molecule has 2 aromatic heterocycles. The number of hydrogen-bond acceptors (Lipinski definition) is 4. The summed E-state index contributed by atoms with van der Waals surface area (Å²) in [5.74, 6) is 1.82. The van der Waals surface area contributed by atoms with Crippen molar-refractivity contribution in [2.24, 2.45) is 0 Å². The van der Waals surface area contributed by atoms with Crippen LogP contribution in [0.2, 0.25) is 0 Å². The van der Waals surface area contributed by atoms with Gasteiger partial charge in [0.05, 0.1) is 0 Å². The molecule has 0 atom stereocenters. The van der Waals surface area contributed by atoms with E-state index >= 15 is 0 Å². The van der Waals surface area contributed by atoms with Gasteiger partial charge in [0.1, 0.15) is 11.2 Å². The Morgan fingerprint density at radius 1 is 0.273 bits per heavy atom. The minimum atomic E-state index is 0.593. The fourth-order valence-electron chi connectivity index (χ4n) is 7.34. The Kier molecular flexibility index (Phi) is 8.12. The van der Waals surface area contributed by atoms with E-state index in [0.717, 1.165) is 66.4 Å². The summed E-state index contributed by atoms with van der Waals surface area (Å²) in [4.78, 5) is 15.2. The minimum absolute atomic E-state index is 0.593. The second-order valence-corrected chi connectivity index (χ2v) is 13.6. The van der Waals surface area contributed by atoms with Gasteiger partial charge >= 0.3 is 0 Å². The SMILES string of the molecule is c1ccc(-c2ccc(-c3cccc(-c4ccc5oc6cccc(-c7nc(-c8ccccc8)nc(-c8ccc(-c9ccccc9)cc8)n7)c6c5c4)c3)cc2)cc1. The number of rotatable bonds is 7. The summed E-state index contributed by atoms with van der Waals surface area (Å²) in [7, 11) is 0. The van der Waals surface area contributed by atoms with Gasteiger partial charge in [0, 0.05) is 27.5 Å². The van der Waals surface area contributed by atoms with Crippen molar-refractivity contribution in [3.8, 4) is 78.7 Å². The third-order valence-electron chi connectivity index (χ3n) is 10.2. The van der Waals surface area contributed by atoms with E-state index in [0.29, 0.717) is 17.5 Å². The molecule has 0 saturated heterocycles. The fraction of sp³-hybridized carbons (Fsp3) is 0. The van der Waals surface area contributed by atoms with Crippen LogP contribution in [-0.2, 0) is 0 Å². The highest BCUT2D eigenvalue weighted by Gasteiger charge is 2.18. The van der Waals surface area contributed by atoms with Gasteiger partial charge in [0.15, 0.2) is 17.5 Å². The van der Waals surface area contributed by atoms with E-state index in [2.05, 4.69) is 146 Å². The number of hydrogen-bond donors (Lipinski definition) is 0. The van der Waals surface area contributed by atoms with Gasteiger partial charge in [-0.25, -0.2) is 15.0 Å². The molecule has 8 aromatic carbocycles. The highest BCUT2D eigenvalue weighted by atomic mass is 16.3. The summed E-state index contributed by atoms with van der Waals surface area (Å²) < 4.78 is 6.46. The van der Waals surface area contributed by atoms with Crippen molar-refractivity contribution in [2.75, 3.05) is 0 Å². The average Bonchev–Trinajstić information content (AvgIpc) is 3.66. The molecule has 0 aliphatic heterocycles. The van der Waals surface area contributed by atoms with Crippen molar-refractivity contribution >= 4 is 21.9 Å². The predicted octanol–water partition coefficient (Wildman–Crippen LogP) is 13.4. The van der Waals surface area contributed by atoms with Crippen LogP contribution in [-0.4, -0.2) is 15.0 Å². The molecule has 55 heavy (non-hydrogen) atoms. The first-order valence-electron chi connectivity index (χ1n) is 18.4. The van der Waals surface area contributed by atoms with Gasteiger partial charge in [-0.2, -0.15) is 0 Å². The lowest BCUT2D eigenvalue weighted by atomic mass is 9.96. The summed E-state index contributed by atoms with van der Waals surface area (Å²) in [5.41, 5.74) is 13.6. The molecule has 10 aromatic rings. The van der Waals surface area contributed by atoms with Crippen LogP contribution in [0.3, 0.4) is 0 Å². The standard InChI is InChI=1S/C51H33N3O/c1-4-12-34(13-5-1)36-22-24-38(25-23-36)41-18-10-19-42(32-41)43-30-31-46-45(33-43)48-44(20-11-21-47(48)55-46)51-53-49(39-16-8-3-9-17-39)52-50(54-51)40-28-26-37(27-29-40)35-14-6-2-7-15-35/h1-33H. The van der Waals surface area contributed by atoms with E-state index in [1.165, 1.54) is 16.7 Å². The molecule has 0 aliphatic carbocycles. The first-order valence-corrected chi connectivity index (χ1v) is 18.4. The van der Waals surface area contributed by atoms with Crippen LogP contribution in [0.25, 0.3) is 101 Å². The largest absolute Gasteiger partial charge is 0.456 e. The molecule has 0 N–H and O–H groups in total. The monoisotopic (exact) mass is 703 g/mol. The molecule has 4 heteroatoms. The Morgan fingerprint density at radius 3 is 1.27 bits per heavy atom. The zero-order chi connectivity index (χ0) is 36.6. The van der Waals surface area contributed by atoms with Crippen molar-refractivity contribution in [1.82, 2.24) is 15.0 Å². The van der Waals surface area contributed by atoms with Crippen LogP contribution >= 0.6 is 0 Å². The Balaban J connectivity index is 1.06. The summed E-state index contributed by atoms with van der Waals surface area (Å²) in [6.07, 6.45) is 0. The summed E-state index contributed by atoms with van der Waals surface area (Å²) in [6.45, 7) is 0. The first-order chi connectivity index (χ1) is 27.2. The number of fused-ring (bicyclic) bond motifs is 3. The van der Waals surface area contributed by atoms with E-state index in [1.807, 2.05) is 54.6 Å². The second-order valence-electron chi connectivity index (χ2n) is 13.6. The first kappa shape index (κ1) is 32.2. The summed E-state index contributed by atoms with van der Waals surface area (Å²) >= 11 is 0. The van der Waals surface area contributed by atoms with E-state index in [1.54, 1.807) is 0 Å². The van der Waals surface area contributed by atoms with Gasteiger partial charge in [0.25, 0.3) is 0 Å². The lowest BCUT2D eigenvalue weighted by molar-refractivity contribution is 0.669. The lowest BCUT2D eigenvalue weighted by Gasteiger charge is -2.10. The number of nitrogens with zero attached hydrogens (tertiary/aromatic N) is 3. The van der Waals surface area contributed by atoms with Crippen molar-refractivity contribution in [3.63, 3.8) is 0 Å². The smallest absolute Gasteiger partial charge is 0.164 e. The van der Waals surface area contributed by atoms with Gasteiger partial charge in [-0.1, -0.05) is 176 Å². The summed E-state index contributed by atoms with van der Waals surface area (Å²) in [6, 6.07) is 69.4. The highest BCUT2D eigenvalue weighted by Crippen LogP contribution is 2.39. The van der Waals surface area contributed by atoms with Crippen LogP contribution in [0.1, 0.15) is 0 Å². The molecule has 0 aliphatic rings. The van der Waals surface area contributed by atoms with E-state index in [4.69, 9.17) is 19.4 Å². The molecule has 0 fully saturated rings. The van der Waals surface area contributed by atoms with Gasteiger partial charge in [0.2, 0.25) is 0 Å². The van der Waals surface area contributed by atoms with Crippen LogP contribution in [0.4, 0.5) is 0 Å². The Bertz CT molecular complexity index is 2940. The van der Waals surface area contributed by atoms with Crippen molar-refractivity contribution in [2.45, 2.75) is 0 Å². The van der Waals surface area contributed by atoms with Gasteiger partial charge < -0.3 is 4.42 Å². The van der Waals surface area contributed by atoms with Crippen LogP contribution in [0.5, 0.6) is 0 Å². The maximum Gasteiger partial charge on any atom is 0.164 e. The molecule has 0 unspecified atom stereocenters. The quantitative estimate of drug-likeness (QED) is 0.166. The molecule has 0 amide bonds. The molecule has 4 nitrogen and oxygen atoms in total. The van der Waals surface area contributed by atoms with Crippen LogP contribution in [0, 0.1) is 0 Å². The maximum absolute atomic E-state index is 6.46. The van der Waals surface area contributed by atoms with Gasteiger partial charge in [-0.05, 0) is 68.8 Å². The molecule has 0 bridgehead atoms. The van der Waals surface area contributed by atoms with Gasteiger partial charge in [-0.15, -0.1) is 0 Å². The molecule has 258 valence electrons. The number of aromatic nitrogens is 3. The molecular weight excluding hydrogens is 671 g/mol. The van der Waals surface area contributed by atoms with Crippen molar-refractivity contribution in [1.29, 1.82) is 0 Å². The second kappa shape index (κ2) is 13.8. The number of furan rings is 1. The third-order valence-corrected chi connectivity index (χ3v) is 10.2. The Hall–Kier alpha value is -7.43. The topological polar surface area (TPSA) is 51.8 Å². The van der Waals surface area contributed by atoms with E-state index < -0.39 is 0 Å². The molecular formula is C51H33N3O.